The van der Waals surface area contributed by atoms with Gasteiger partial charge < -0.3 is 10.2 Å². The number of carbonyl (C=O) groups is 1. The first-order valence-electron chi connectivity index (χ1n) is 5.81. The highest BCUT2D eigenvalue weighted by Gasteiger charge is 2.59. The summed E-state index contributed by atoms with van der Waals surface area (Å²) in [5.41, 5.74) is 0.389. The smallest absolute Gasteiger partial charge is 0.226 e. The van der Waals surface area contributed by atoms with Gasteiger partial charge in [0.25, 0.3) is 0 Å². The number of likely N-dealkylation sites (tertiary alicyclic amines) is 1. The van der Waals surface area contributed by atoms with Crippen molar-refractivity contribution in [3.8, 4) is 0 Å². The number of hydrogen-bond donors (Lipinski definition) is 1. The van der Waals surface area contributed by atoms with Crippen molar-refractivity contribution in [3.63, 3.8) is 0 Å². The van der Waals surface area contributed by atoms with Crippen molar-refractivity contribution in [2.24, 2.45) is 11.3 Å². The van der Waals surface area contributed by atoms with Gasteiger partial charge in [0, 0.05) is 25.6 Å². The highest BCUT2D eigenvalue weighted by molar-refractivity contribution is 5.83. The molecule has 3 heteroatoms. The molecule has 1 saturated carbocycles. The summed E-state index contributed by atoms with van der Waals surface area (Å²) in [5, 5.41) is 3.38. The Morgan fingerprint density at radius 3 is 2.79 bits per heavy atom. The van der Waals surface area contributed by atoms with Crippen molar-refractivity contribution in [2.45, 2.75) is 25.7 Å². The van der Waals surface area contributed by atoms with Crippen LogP contribution in [0.25, 0.3) is 0 Å². The second kappa shape index (κ2) is 2.96. The Labute approximate surface area is 84.8 Å². The van der Waals surface area contributed by atoms with Gasteiger partial charge in [-0.3, -0.25) is 4.79 Å². The minimum absolute atomic E-state index is 0.371. The van der Waals surface area contributed by atoms with Gasteiger partial charge in [0.1, 0.15) is 0 Å². The van der Waals surface area contributed by atoms with Crippen LogP contribution in [0.4, 0.5) is 0 Å². The van der Waals surface area contributed by atoms with E-state index < -0.39 is 0 Å². The molecule has 3 fully saturated rings. The standard InChI is InChI=1S/C11H18N2O/c14-10(13-5-1-2-6-13)9-7-11(9)3-4-12-8-11/h9,12H,1-8H2/t9-,11+/m0/s1. The van der Waals surface area contributed by atoms with E-state index in [9.17, 15) is 4.79 Å². The molecule has 3 rings (SSSR count). The summed E-state index contributed by atoms with van der Waals surface area (Å²) in [5.74, 6) is 0.821. The number of amides is 1. The predicted molar refractivity (Wildman–Crippen MR) is 53.8 cm³/mol. The van der Waals surface area contributed by atoms with E-state index in [1.54, 1.807) is 0 Å². The molecule has 2 atom stereocenters. The third kappa shape index (κ3) is 1.18. The van der Waals surface area contributed by atoms with Gasteiger partial charge in [-0.05, 0) is 37.6 Å². The van der Waals surface area contributed by atoms with Crippen LogP contribution in [-0.4, -0.2) is 37.0 Å². The molecule has 2 aliphatic heterocycles. The molecule has 1 N–H and O–H groups in total. The summed E-state index contributed by atoms with van der Waals surface area (Å²) in [6.45, 7) is 4.22. The number of nitrogens with zero attached hydrogens (tertiary/aromatic N) is 1. The zero-order valence-corrected chi connectivity index (χ0v) is 8.59. The van der Waals surface area contributed by atoms with E-state index in [1.165, 1.54) is 19.3 Å². The van der Waals surface area contributed by atoms with Gasteiger partial charge in [0.2, 0.25) is 5.91 Å². The lowest BCUT2D eigenvalue weighted by atomic mass is 10.0. The summed E-state index contributed by atoms with van der Waals surface area (Å²) >= 11 is 0. The van der Waals surface area contributed by atoms with Crippen molar-refractivity contribution in [1.29, 1.82) is 0 Å². The average Bonchev–Trinajstić information content (AvgIpc) is 2.62. The molecule has 14 heavy (non-hydrogen) atoms. The quantitative estimate of drug-likeness (QED) is 0.663. The van der Waals surface area contributed by atoms with Crippen LogP contribution in [-0.2, 0) is 4.79 Å². The Morgan fingerprint density at radius 1 is 1.36 bits per heavy atom. The second-order valence-electron chi connectivity index (χ2n) is 5.08. The molecule has 3 nitrogen and oxygen atoms in total. The lowest BCUT2D eigenvalue weighted by molar-refractivity contribution is -0.132. The molecular formula is C11H18N2O. The Hall–Kier alpha value is -0.570. The van der Waals surface area contributed by atoms with Gasteiger partial charge >= 0.3 is 0 Å². The van der Waals surface area contributed by atoms with E-state index in [2.05, 4.69) is 10.2 Å². The van der Waals surface area contributed by atoms with Crippen LogP contribution in [0.3, 0.4) is 0 Å². The van der Waals surface area contributed by atoms with Gasteiger partial charge in [-0.25, -0.2) is 0 Å². The molecule has 0 aromatic rings. The molecule has 0 unspecified atom stereocenters. The number of rotatable bonds is 1. The molecule has 2 saturated heterocycles. The van der Waals surface area contributed by atoms with Crippen LogP contribution in [0.2, 0.25) is 0 Å². The molecule has 1 aliphatic carbocycles. The Morgan fingerprint density at radius 2 is 2.14 bits per heavy atom. The maximum Gasteiger partial charge on any atom is 0.226 e. The minimum Gasteiger partial charge on any atom is -0.342 e. The number of carbonyl (C=O) groups excluding carboxylic acids is 1. The van der Waals surface area contributed by atoms with Crippen LogP contribution in [0.15, 0.2) is 0 Å². The Bertz CT molecular complexity index is 252. The predicted octanol–water partition coefficient (Wildman–Crippen LogP) is 0.608. The van der Waals surface area contributed by atoms with Crippen molar-refractivity contribution in [3.05, 3.63) is 0 Å². The van der Waals surface area contributed by atoms with Crippen LogP contribution >= 0.6 is 0 Å². The highest BCUT2D eigenvalue weighted by atomic mass is 16.2. The summed E-state index contributed by atoms with van der Waals surface area (Å²) in [7, 11) is 0. The normalized spacial score (nSPS) is 40.9. The van der Waals surface area contributed by atoms with E-state index in [0.717, 1.165) is 32.6 Å². The summed E-state index contributed by atoms with van der Waals surface area (Å²) in [6, 6.07) is 0. The third-order valence-electron chi connectivity index (χ3n) is 4.18. The molecular weight excluding hydrogens is 176 g/mol. The molecule has 1 amide bonds. The fourth-order valence-corrected chi connectivity index (χ4v) is 3.09. The van der Waals surface area contributed by atoms with E-state index in [-0.39, 0.29) is 0 Å². The van der Waals surface area contributed by atoms with Crippen LogP contribution in [0, 0.1) is 11.3 Å². The lowest BCUT2D eigenvalue weighted by Crippen LogP contribution is -2.31. The lowest BCUT2D eigenvalue weighted by Gasteiger charge is -2.16. The van der Waals surface area contributed by atoms with Crippen LogP contribution in [0.1, 0.15) is 25.7 Å². The van der Waals surface area contributed by atoms with E-state index >= 15 is 0 Å². The van der Waals surface area contributed by atoms with Gasteiger partial charge in [-0.2, -0.15) is 0 Å². The molecule has 0 aromatic carbocycles. The molecule has 0 aromatic heterocycles. The Kier molecular flexibility index (Phi) is 1.84. The summed E-state index contributed by atoms with van der Waals surface area (Å²) < 4.78 is 0. The number of hydrogen-bond acceptors (Lipinski definition) is 2. The highest BCUT2D eigenvalue weighted by Crippen LogP contribution is 2.57. The molecule has 0 radical (unpaired) electrons. The maximum absolute atomic E-state index is 12.1. The molecule has 2 heterocycles. The van der Waals surface area contributed by atoms with Gasteiger partial charge in [-0.15, -0.1) is 0 Å². The molecule has 78 valence electrons. The molecule has 3 aliphatic rings. The zero-order valence-electron chi connectivity index (χ0n) is 8.59. The van der Waals surface area contributed by atoms with Crippen molar-refractivity contribution >= 4 is 5.91 Å². The molecule has 0 bridgehead atoms. The topological polar surface area (TPSA) is 32.3 Å². The van der Waals surface area contributed by atoms with E-state index in [4.69, 9.17) is 0 Å². The summed E-state index contributed by atoms with van der Waals surface area (Å²) in [4.78, 5) is 14.1. The van der Waals surface area contributed by atoms with Crippen LogP contribution < -0.4 is 5.32 Å². The van der Waals surface area contributed by atoms with Gasteiger partial charge in [-0.1, -0.05) is 0 Å². The minimum atomic E-state index is 0.371. The SMILES string of the molecule is O=C([C@@H]1C[C@@]12CCNC2)N1CCCC1. The Balaban J connectivity index is 1.64. The zero-order chi connectivity index (χ0) is 9.60. The first kappa shape index (κ1) is 8.72. The average molecular weight is 194 g/mol. The van der Waals surface area contributed by atoms with E-state index in [1.807, 2.05) is 0 Å². The van der Waals surface area contributed by atoms with E-state index in [0.29, 0.717) is 17.2 Å². The largest absolute Gasteiger partial charge is 0.342 e. The van der Waals surface area contributed by atoms with Gasteiger partial charge in [0.15, 0.2) is 0 Å². The first-order chi connectivity index (χ1) is 6.82. The fraction of sp³-hybridized carbons (Fsp3) is 0.909. The summed E-state index contributed by atoms with van der Waals surface area (Å²) in [6.07, 6.45) is 4.79. The maximum atomic E-state index is 12.1. The second-order valence-corrected chi connectivity index (χ2v) is 5.08. The van der Waals surface area contributed by atoms with Crippen molar-refractivity contribution in [1.82, 2.24) is 10.2 Å². The molecule has 1 spiro atoms. The fourth-order valence-electron chi connectivity index (χ4n) is 3.09. The van der Waals surface area contributed by atoms with Gasteiger partial charge in [0.05, 0.1) is 0 Å². The van der Waals surface area contributed by atoms with Crippen molar-refractivity contribution < 1.29 is 4.79 Å². The monoisotopic (exact) mass is 194 g/mol. The third-order valence-corrected chi connectivity index (χ3v) is 4.18. The number of nitrogens with one attached hydrogen (secondary N) is 1. The van der Waals surface area contributed by atoms with Crippen LogP contribution in [0.5, 0.6) is 0 Å². The van der Waals surface area contributed by atoms with Crippen molar-refractivity contribution in [2.75, 3.05) is 26.2 Å². The first-order valence-corrected chi connectivity index (χ1v) is 5.81.